The maximum Gasteiger partial charge on any atom is 0.251 e. The van der Waals surface area contributed by atoms with Crippen LogP contribution in [0.4, 0.5) is 4.39 Å². The number of fused-ring (bicyclic) bond motifs is 1. The normalized spacial score (nSPS) is 10.8. The predicted molar refractivity (Wildman–Crippen MR) is 75.6 cm³/mol. The van der Waals surface area contributed by atoms with Gasteiger partial charge in [0, 0.05) is 28.9 Å². The number of carbonyl (C=O) groups is 1. The van der Waals surface area contributed by atoms with Crippen molar-refractivity contribution < 1.29 is 9.18 Å². The first kappa shape index (κ1) is 13.5. The van der Waals surface area contributed by atoms with Crippen LogP contribution in [0.3, 0.4) is 0 Å². The van der Waals surface area contributed by atoms with Gasteiger partial charge >= 0.3 is 0 Å². The number of hydrogen-bond acceptors (Lipinski definition) is 3. The van der Waals surface area contributed by atoms with Gasteiger partial charge < -0.3 is 5.32 Å². The highest BCUT2D eigenvalue weighted by atomic mass is 35.5. The van der Waals surface area contributed by atoms with E-state index in [1.165, 1.54) is 18.5 Å². The van der Waals surface area contributed by atoms with E-state index >= 15 is 0 Å². The van der Waals surface area contributed by atoms with Gasteiger partial charge in [0.05, 0.1) is 0 Å². The van der Waals surface area contributed by atoms with Crippen molar-refractivity contribution in [2.45, 2.75) is 6.54 Å². The molecule has 106 valence electrons. The molecular weight excluding hydrogens is 295 g/mol. The first-order valence-corrected chi connectivity index (χ1v) is 6.53. The number of carbonyl (C=O) groups excluding carboxylic acids is 1. The minimum absolute atomic E-state index is 0.0161. The molecule has 0 fully saturated rings. The standard InChI is InChI=1S/C14H10ClFN4O/c15-11-2-1-3-12(16)10(11)7-17-14(21)9-4-5-20-13(6-9)18-8-19-20/h1-6,8H,7H2,(H,17,21). The summed E-state index contributed by atoms with van der Waals surface area (Å²) in [5, 5.41) is 6.86. The molecule has 0 saturated carbocycles. The van der Waals surface area contributed by atoms with Gasteiger partial charge in [-0.05, 0) is 24.3 Å². The van der Waals surface area contributed by atoms with Crippen LogP contribution in [0.15, 0.2) is 42.9 Å². The topological polar surface area (TPSA) is 59.3 Å². The number of pyridine rings is 1. The van der Waals surface area contributed by atoms with Crippen molar-refractivity contribution in [2.75, 3.05) is 0 Å². The molecule has 0 aliphatic rings. The molecule has 0 aliphatic heterocycles. The molecule has 0 aliphatic carbocycles. The average molecular weight is 305 g/mol. The molecule has 0 saturated heterocycles. The Morgan fingerprint density at radius 2 is 2.24 bits per heavy atom. The van der Waals surface area contributed by atoms with Gasteiger partial charge in [0.25, 0.3) is 5.91 Å². The number of aromatic nitrogens is 3. The molecule has 1 N–H and O–H groups in total. The van der Waals surface area contributed by atoms with Crippen molar-refractivity contribution in [2.24, 2.45) is 0 Å². The van der Waals surface area contributed by atoms with Crippen molar-refractivity contribution in [3.8, 4) is 0 Å². The Hall–Kier alpha value is -2.47. The van der Waals surface area contributed by atoms with E-state index < -0.39 is 5.82 Å². The van der Waals surface area contributed by atoms with Gasteiger partial charge in [-0.3, -0.25) is 4.79 Å². The number of nitrogens with one attached hydrogen (secondary N) is 1. The lowest BCUT2D eigenvalue weighted by Gasteiger charge is -2.08. The van der Waals surface area contributed by atoms with Gasteiger partial charge in [-0.1, -0.05) is 17.7 Å². The third-order valence-electron chi connectivity index (χ3n) is 3.03. The van der Waals surface area contributed by atoms with Crippen molar-refractivity contribution in [1.29, 1.82) is 0 Å². The first-order chi connectivity index (χ1) is 10.1. The average Bonchev–Trinajstić information content (AvgIpc) is 2.93. The Kier molecular flexibility index (Phi) is 3.53. The molecule has 21 heavy (non-hydrogen) atoms. The van der Waals surface area contributed by atoms with Gasteiger partial charge in [-0.15, -0.1) is 0 Å². The van der Waals surface area contributed by atoms with Gasteiger partial charge in [-0.25, -0.2) is 13.9 Å². The van der Waals surface area contributed by atoms with E-state index in [2.05, 4.69) is 15.4 Å². The maximum atomic E-state index is 13.6. The van der Waals surface area contributed by atoms with Crippen LogP contribution < -0.4 is 5.32 Å². The number of rotatable bonds is 3. The number of hydrogen-bond donors (Lipinski definition) is 1. The van der Waals surface area contributed by atoms with E-state index in [0.717, 1.165) is 0 Å². The number of halogens is 2. The Labute approximate surface area is 124 Å². The summed E-state index contributed by atoms with van der Waals surface area (Å²) >= 11 is 5.91. The molecule has 0 atom stereocenters. The summed E-state index contributed by atoms with van der Waals surface area (Å²) < 4.78 is 15.2. The van der Waals surface area contributed by atoms with E-state index in [9.17, 15) is 9.18 Å². The van der Waals surface area contributed by atoms with Gasteiger partial charge in [0.1, 0.15) is 12.1 Å². The Morgan fingerprint density at radius 1 is 1.38 bits per heavy atom. The van der Waals surface area contributed by atoms with Crippen molar-refractivity contribution >= 4 is 23.2 Å². The second-order valence-corrected chi connectivity index (χ2v) is 4.77. The molecule has 7 heteroatoms. The molecule has 1 amide bonds. The smallest absolute Gasteiger partial charge is 0.251 e. The monoisotopic (exact) mass is 304 g/mol. The molecule has 0 bridgehead atoms. The van der Waals surface area contributed by atoms with Crippen LogP contribution in [0.5, 0.6) is 0 Å². The molecule has 3 aromatic rings. The molecule has 0 radical (unpaired) electrons. The van der Waals surface area contributed by atoms with Crippen molar-refractivity contribution in [3.05, 3.63) is 64.8 Å². The predicted octanol–water partition coefficient (Wildman–Crippen LogP) is 2.45. The molecule has 0 unspecified atom stereocenters. The first-order valence-electron chi connectivity index (χ1n) is 6.15. The minimum atomic E-state index is -0.448. The number of amides is 1. The summed E-state index contributed by atoms with van der Waals surface area (Å²) in [6.45, 7) is 0.0161. The highest BCUT2D eigenvalue weighted by Crippen LogP contribution is 2.18. The third kappa shape index (κ3) is 2.71. The zero-order valence-corrected chi connectivity index (χ0v) is 11.5. The lowest BCUT2D eigenvalue weighted by molar-refractivity contribution is 0.0950. The summed E-state index contributed by atoms with van der Waals surface area (Å²) in [7, 11) is 0. The summed E-state index contributed by atoms with van der Waals surface area (Å²) in [6, 6.07) is 7.61. The van der Waals surface area contributed by atoms with Crippen molar-refractivity contribution in [3.63, 3.8) is 0 Å². The largest absolute Gasteiger partial charge is 0.348 e. The SMILES string of the molecule is O=C(NCc1c(F)cccc1Cl)c1ccn2ncnc2c1. The van der Waals surface area contributed by atoms with Gasteiger partial charge in [-0.2, -0.15) is 5.10 Å². The van der Waals surface area contributed by atoms with E-state index in [1.807, 2.05) is 0 Å². The molecule has 5 nitrogen and oxygen atoms in total. The van der Waals surface area contributed by atoms with Crippen molar-refractivity contribution in [1.82, 2.24) is 19.9 Å². The Morgan fingerprint density at radius 3 is 3.05 bits per heavy atom. The van der Waals surface area contributed by atoms with Crippen LogP contribution in [0.25, 0.3) is 5.65 Å². The summed E-state index contributed by atoms with van der Waals surface area (Å²) in [6.07, 6.45) is 3.03. The zero-order valence-electron chi connectivity index (χ0n) is 10.8. The van der Waals surface area contributed by atoms with Gasteiger partial charge in [0.2, 0.25) is 0 Å². The van der Waals surface area contributed by atoms with Crippen LogP contribution in [-0.4, -0.2) is 20.5 Å². The highest BCUT2D eigenvalue weighted by Gasteiger charge is 2.11. The molecule has 3 rings (SSSR count). The second-order valence-electron chi connectivity index (χ2n) is 4.36. The minimum Gasteiger partial charge on any atom is -0.348 e. The quantitative estimate of drug-likeness (QED) is 0.808. The number of nitrogens with zero attached hydrogens (tertiary/aromatic N) is 3. The Bertz CT molecular complexity index is 797. The number of benzene rings is 1. The molecule has 1 aromatic carbocycles. The lowest BCUT2D eigenvalue weighted by atomic mass is 10.2. The third-order valence-corrected chi connectivity index (χ3v) is 3.38. The summed E-state index contributed by atoms with van der Waals surface area (Å²) in [5.41, 5.74) is 1.24. The van der Waals surface area contributed by atoms with Crippen LogP contribution >= 0.6 is 11.6 Å². The molecule has 0 spiro atoms. The van der Waals surface area contributed by atoms with Crippen LogP contribution in [0, 0.1) is 5.82 Å². The zero-order chi connectivity index (χ0) is 14.8. The maximum absolute atomic E-state index is 13.6. The molecular formula is C14H10ClFN4O. The molecule has 2 heterocycles. The van der Waals surface area contributed by atoms with Crippen LogP contribution in [-0.2, 0) is 6.54 Å². The van der Waals surface area contributed by atoms with E-state index in [1.54, 1.807) is 28.9 Å². The summed E-state index contributed by atoms with van der Waals surface area (Å²) in [4.78, 5) is 16.1. The van der Waals surface area contributed by atoms with Crippen LogP contribution in [0.1, 0.15) is 15.9 Å². The van der Waals surface area contributed by atoms with E-state index in [-0.39, 0.29) is 23.0 Å². The van der Waals surface area contributed by atoms with Crippen LogP contribution in [0.2, 0.25) is 5.02 Å². The van der Waals surface area contributed by atoms with E-state index in [0.29, 0.717) is 11.2 Å². The highest BCUT2D eigenvalue weighted by molar-refractivity contribution is 6.31. The molecule has 2 aromatic heterocycles. The fourth-order valence-electron chi connectivity index (χ4n) is 1.93. The van der Waals surface area contributed by atoms with E-state index in [4.69, 9.17) is 11.6 Å². The fourth-order valence-corrected chi connectivity index (χ4v) is 2.16. The lowest BCUT2D eigenvalue weighted by Crippen LogP contribution is -2.23. The summed E-state index contributed by atoms with van der Waals surface area (Å²) in [5.74, 6) is -0.782. The van der Waals surface area contributed by atoms with Gasteiger partial charge in [0.15, 0.2) is 5.65 Å². The Balaban J connectivity index is 1.77. The fraction of sp³-hybridized carbons (Fsp3) is 0.0714. The second kappa shape index (κ2) is 5.49.